The average molecular weight is 343 g/mol. The van der Waals surface area contributed by atoms with Gasteiger partial charge in [0, 0.05) is 44.8 Å². The highest BCUT2D eigenvalue weighted by Crippen LogP contribution is 2.43. The fraction of sp³-hybridized carbons (Fsp3) is 0.579. The first kappa shape index (κ1) is 16.5. The molecule has 0 saturated carbocycles. The summed E-state index contributed by atoms with van der Waals surface area (Å²) in [5.41, 5.74) is 1.38. The molecule has 3 heterocycles. The lowest BCUT2D eigenvalue weighted by Crippen LogP contribution is -2.52. The predicted octanol–water partition coefficient (Wildman–Crippen LogP) is 1.22. The number of piperidine rings is 1. The molecule has 1 atom stereocenters. The van der Waals surface area contributed by atoms with Crippen LogP contribution in [0, 0.1) is 0 Å². The molecule has 2 fully saturated rings. The Balaban J connectivity index is 1.43. The van der Waals surface area contributed by atoms with Gasteiger partial charge in [-0.25, -0.2) is 0 Å². The van der Waals surface area contributed by atoms with E-state index in [-0.39, 0.29) is 11.8 Å². The summed E-state index contributed by atoms with van der Waals surface area (Å²) < 4.78 is 5.37. The van der Waals surface area contributed by atoms with Crippen LogP contribution in [0.3, 0.4) is 0 Å². The Hall–Kier alpha value is -1.92. The summed E-state index contributed by atoms with van der Waals surface area (Å²) >= 11 is 0. The Kier molecular flexibility index (Phi) is 4.48. The molecule has 134 valence electrons. The van der Waals surface area contributed by atoms with Crippen molar-refractivity contribution in [3.05, 3.63) is 29.8 Å². The molecule has 1 aromatic carbocycles. The van der Waals surface area contributed by atoms with Gasteiger partial charge < -0.3 is 15.0 Å². The van der Waals surface area contributed by atoms with Crippen molar-refractivity contribution < 1.29 is 14.3 Å². The summed E-state index contributed by atoms with van der Waals surface area (Å²) in [4.78, 5) is 29.4. The molecule has 1 unspecified atom stereocenters. The average Bonchev–Trinajstić information content (AvgIpc) is 2.91. The van der Waals surface area contributed by atoms with E-state index in [1.807, 2.05) is 29.2 Å². The molecule has 3 aliphatic rings. The van der Waals surface area contributed by atoms with E-state index in [0.29, 0.717) is 25.9 Å². The largest absolute Gasteiger partial charge is 0.379 e. The third kappa shape index (κ3) is 3.04. The second-order valence-electron chi connectivity index (χ2n) is 7.20. The van der Waals surface area contributed by atoms with Crippen LogP contribution in [0.25, 0.3) is 0 Å². The number of anilines is 1. The van der Waals surface area contributed by atoms with Crippen LogP contribution in [0.15, 0.2) is 24.3 Å². The van der Waals surface area contributed by atoms with Gasteiger partial charge in [0.1, 0.15) is 0 Å². The van der Waals surface area contributed by atoms with Crippen molar-refractivity contribution in [2.75, 3.05) is 51.3 Å². The zero-order valence-corrected chi connectivity index (χ0v) is 14.5. The number of fused-ring (bicyclic) bond motifs is 2. The van der Waals surface area contributed by atoms with Crippen LogP contribution >= 0.6 is 0 Å². The van der Waals surface area contributed by atoms with E-state index in [1.54, 1.807) is 0 Å². The van der Waals surface area contributed by atoms with Crippen molar-refractivity contribution in [1.29, 1.82) is 0 Å². The van der Waals surface area contributed by atoms with E-state index in [4.69, 9.17) is 4.74 Å². The van der Waals surface area contributed by atoms with Crippen LogP contribution in [0.4, 0.5) is 5.69 Å². The van der Waals surface area contributed by atoms with Crippen LogP contribution in [-0.2, 0) is 19.7 Å². The molecule has 3 aliphatic heterocycles. The van der Waals surface area contributed by atoms with Crippen molar-refractivity contribution in [2.24, 2.45) is 0 Å². The number of amides is 2. The van der Waals surface area contributed by atoms with Gasteiger partial charge in [0.15, 0.2) is 0 Å². The van der Waals surface area contributed by atoms with Gasteiger partial charge >= 0.3 is 0 Å². The summed E-state index contributed by atoms with van der Waals surface area (Å²) in [7, 11) is 0. The van der Waals surface area contributed by atoms with Crippen LogP contribution in [0.1, 0.15) is 24.8 Å². The van der Waals surface area contributed by atoms with Gasteiger partial charge in [0.25, 0.3) is 0 Å². The molecule has 1 N–H and O–H groups in total. The smallest absolute Gasteiger partial charge is 0.236 e. The van der Waals surface area contributed by atoms with Gasteiger partial charge in [-0.05, 0) is 24.5 Å². The van der Waals surface area contributed by atoms with Crippen LogP contribution in [0.2, 0.25) is 0 Å². The molecule has 2 saturated heterocycles. The predicted molar refractivity (Wildman–Crippen MR) is 94.4 cm³/mol. The van der Waals surface area contributed by atoms with Crippen LogP contribution in [-0.4, -0.2) is 67.6 Å². The van der Waals surface area contributed by atoms with E-state index in [0.717, 1.165) is 50.5 Å². The molecule has 0 aromatic heterocycles. The highest BCUT2D eigenvalue weighted by Gasteiger charge is 2.50. The molecule has 6 heteroatoms. The van der Waals surface area contributed by atoms with Crippen LogP contribution in [0.5, 0.6) is 0 Å². The number of hydrogen-bond acceptors (Lipinski definition) is 4. The normalized spacial score (nSPS) is 26.8. The molecule has 0 aliphatic carbocycles. The Bertz CT molecular complexity index is 672. The summed E-state index contributed by atoms with van der Waals surface area (Å²) in [6.07, 6.45) is 1.99. The number of benzene rings is 1. The second kappa shape index (κ2) is 6.77. The van der Waals surface area contributed by atoms with Gasteiger partial charge in [-0.3, -0.25) is 14.5 Å². The number of carbonyl (C=O) groups is 2. The van der Waals surface area contributed by atoms with Crippen molar-refractivity contribution in [3.63, 3.8) is 0 Å². The molecular formula is C19H25N3O3. The minimum Gasteiger partial charge on any atom is -0.379 e. The molecule has 0 bridgehead atoms. The van der Waals surface area contributed by atoms with Gasteiger partial charge in [0.2, 0.25) is 11.8 Å². The van der Waals surface area contributed by atoms with E-state index in [1.165, 1.54) is 0 Å². The first-order valence-electron chi connectivity index (χ1n) is 9.18. The van der Waals surface area contributed by atoms with Crippen molar-refractivity contribution in [3.8, 4) is 0 Å². The number of carbonyl (C=O) groups excluding carboxylic acids is 2. The second-order valence-corrected chi connectivity index (χ2v) is 7.20. The molecule has 1 aromatic rings. The molecule has 2 amide bonds. The lowest BCUT2D eigenvalue weighted by Gasteiger charge is -2.39. The first-order chi connectivity index (χ1) is 12.2. The number of morpholine rings is 1. The fourth-order valence-corrected chi connectivity index (χ4v) is 4.26. The Labute approximate surface area is 148 Å². The molecule has 25 heavy (non-hydrogen) atoms. The molecule has 6 nitrogen and oxygen atoms in total. The number of para-hydroxylation sites is 1. The lowest BCUT2D eigenvalue weighted by atomic mass is 9.75. The first-order valence-corrected chi connectivity index (χ1v) is 9.18. The fourth-order valence-electron chi connectivity index (χ4n) is 4.26. The maximum Gasteiger partial charge on any atom is 0.236 e. The Morgan fingerprint density at radius 1 is 1.12 bits per heavy atom. The minimum atomic E-state index is -0.566. The van der Waals surface area contributed by atoms with Gasteiger partial charge in [0.05, 0.1) is 18.6 Å². The van der Waals surface area contributed by atoms with E-state index >= 15 is 0 Å². The highest BCUT2D eigenvalue weighted by molar-refractivity contribution is 6.07. The summed E-state index contributed by atoms with van der Waals surface area (Å²) in [6.45, 7) is 5.71. The number of hydrogen-bond donors (Lipinski definition) is 1. The highest BCUT2D eigenvalue weighted by atomic mass is 16.5. The van der Waals surface area contributed by atoms with Crippen molar-refractivity contribution in [2.45, 2.75) is 24.7 Å². The molecule has 1 spiro atoms. The SMILES string of the molecule is O=C1CCC2(CN1CCCN1CCOCC1)C(=O)Nc1ccccc12. The van der Waals surface area contributed by atoms with Crippen LogP contribution < -0.4 is 5.32 Å². The monoisotopic (exact) mass is 343 g/mol. The van der Waals surface area contributed by atoms with Gasteiger partial charge in [-0.2, -0.15) is 0 Å². The summed E-state index contributed by atoms with van der Waals surface area (Å²) in [5.74, 6) is 0.212. The quantitative estimate of drug-likeness (QED) is 0.893. The zero-order valence-electron chi connectivity index (χ0n) is 14.5. The Morgan fingerprint density at radius 3 is 2.76 bits per heavy atom. The maximum atomic E-state index is 12.7. The molecule has 0 radical (unpaired) electrons. The van der Waals surface area contributed by atoms with E-state index < -0.39 is 5.41 Å². The number of likely N-dealkylation sites (tertiary alicyclic amines) is 1. The standard InChI is InChI=1S/C19H25N3O3/c23-17-6-7-19(15-4-1-2-5-16(15)20-18(19)24)14-22(17)9-3-8-21-10-12-25-13-11-21/h1-2,4-5H,3,6-14H2,(H,20,24). The lowest BCUT2D eigenvalue weighted by molar-refractivity contribution is -0.138. The van der Waals surface area contributed by atoms with Crippen molar-refractivity contribution >= 4 is 17.5 Å². The van der Waals surface area contributed by atoms with E-state index in [2.05, 4.69) is 10.2 Å². The molecular weight excluding hydrogens is 318 g/mol. The number of rotatable bonds is 4. The third-order valence-electron chi connectivity index (χ3n) is 5.71. The van der Waals surface area contributed by atoms with Gasteiger partial charge in [-0.1, -0.05) is 18.2 Å². The third-order valence-corrected chi connectivity index (χ3v) is 5.71. The minimum absolute atomic E-state index is 0.0411. The topological polar surface area (TPSA) is 61.9 Å². The number of nitrogens with zero attached hydrogens (tertiary/aromatic N) is 2. The van der Waals surface area contributed by atoms with E-state index in [9.17, 15) is 9.59 Å². The van der Waals surface area contributed by atoms with Crippen molar-refractivity contribution in [1.82, 2.24) is 9.80 Å². The summed E-state index contributed by atoms with van der Waals surface area (Å²) in [5, 5.41) is 3.00. The number of ether oxygens (including phenoxy) is 1. The van der Waals surface area contributed by atoms with Gasteiger partial charge in [-0.15, -0.1) is 0 Å². The Morgan fingerprint density at radius 2 is 1.92 bits per heavy atom. The maximum absolute atomic E-state index is 12.7. The zero-order chi connectivity index (χ0) is 17.3. The summed E-state index contributed by atoms with van der Waals surface area (Å²) in [6, 6.07) is 7.88. The number of nitrogens with one attached hydrogen (secondary N) is 1. The molecule has 4 rings (SSSR count).